The number of carbonyl (C=O) groups excluding carboxylic acids is 1. The van der Waals surface area contributed by atoms with Crippen LogP contribution in [0.5, 0.6) is 0 Å². The number of rotatable bonds is 3. The monoisotopic (exact) mass is 448 g/mol. The Labute approximate surface area is 179 Å². The van der Waals surface area contributed by atoms with Crippen LogP contribution in [0.2, 0.25) is 0 Å². The number of ether oxygens (including phenoxy) is 1. The molecule has 1 spiro atoms. The second-order valence-corrected chi connectivity index (χ2v) is 10.2. The van der Waals surface area contributed by atoms with Gasteiger partial charge in [-0.15, -0.1) is 0 Å². The van der Waals surface area contributed by atoms with Crippen molar-refractivity contribution in [3.05, 3.63) is 65.7 Å². The lowest BCUT2D eigenvalue weighted by Gasteiger charge is -2.36. The van der Waals surface area contributed by atoms with Crippen molar-refractivity contribution in [2.45, 2.75) is 48.4 Å². The van der Waals surface area contributed by atoms with Crippen LogP contribution >= 0.6 is 0 Å². The molecule has 6 nitrogen and oxygen atoms in total. The zero-order chi connectivity index (χ0) is 21.8. The summed E-state index contributed by atoms with van der Waals surface area (Å²) in [6, 6.07) is 11.1. The zero-order valence-corrected chi connectivity index (χ0v) is 17.5. The lowest BCUT2D eigenvalue weighted by atomic mass is 9.90. The van der Waals surface area contributed by atoms with E-state index in [0.29, 0.717) is 18.4 Å². The van der Waals surface area contributed by atoms with Gasteiger partial charge >= 0.3 is 0 Å². The van der Waals surface area contributed by atoms with E-state index in [4.69, 9.17) is 4.74 Å². The van der Waals surface area contributed by atoms with Crippen molar-refractivity contribution < 1.29 is 26.7 Å². The van der Waals surface area contributed by atoms with Gasteiger partial charge < -0.3 is 9.64 Å². The lowest BCUT2D eigenvalue weighted by molar-refractivity contribution is -0.142. The minimum absolute atomic E-state index is 0.169. The molecule has 0 aliphatic carbocycles. The third kappa shape index (κ3) is 3.35. The average molecular weight is 448 g/mol. The Morgan fingerprint density at radius 1 is 0.968 bits per heavy atom. The fourth-order valence-electron chi connectivity index (χ4n) is 4.97. The van der Waals surface area contributed by atoms with E-state index in [-0.39, 0.29) is 36.7 Å². The summed E-state index contributed by atoms with van der Waals surface area (Å²) >= 11 is 0. The van der Waals surface area contributed by atoms with Gasteiger partial charge in [-0.05, 0) is 55.5 Å². The topological polar surface area (TPSA) is 66.9 Å². The van der Waals surface area contributed by atoms with Crippen molar-refractivity contribution >= 4 is 15.9 Å². The maximum atomic E-state index is 13.7. The van der Waals surface area contributed by atoms with Crippen LogP contribution in [-0.2, 0) is 19.6 Å². The number of carbonyl (C=O) groups is 1. The van der Waals surface area contributed by atoms with Gasteiger partial charge in [0.15, 0.2) is 5.60 Å². The van der Waals surface area contributed by atoms with Crippen molar-refractivity contribution in [1.29, 1.82) is 0 Å². The summed E-state index contributed by atoms with van der Waals surface area (Å²) in [6.07, 6.45) is 1.16. The Hall–Kier alpha value is -2.36. The molecule has 164 valence electrons. The van der Waals surface area contributed by atoms with E-state index in [0.717, 1.165) is 6.07 Å². The molecule has 0 N–H and O–H groups in total. The summed E-state index contributed by atoms with van der Waals surface area (Å²) in [5.41, 5.74) is -0.671. The number of hydrogen-bond donors (Lipinski definition) is 0. The second-order valence-electron chi connectivity index (χ2n) is 8.29. The first-order valence-electron chi connectivity index (χ1n) is 10.3. The molecule has 3 aliphatic heterocycles. The molecule has 0 radical (unpaired) electrons. The minimum Gasteiger partial charge on any atom is -0.342 e. The standard InChI is InChI=1S/C22H22F2N2O4S/c23-16-12-15(13-17(24)14-16)19-6-7-20-26(19)21(27)22(30-20)8-10-25(11-9-22)31(28,29)18-4-2-1-3-5-18/h1-5,12-14,19-20H,6-11H2. The van der Waals surface area contributed by atoms with E-state index < -0.39 is 39.5 Å². The van der Waals surface area contributed by atoms with Crippen LogP contribution in [0.25, 0.3) is 0 Å². The van der Waals surface area contributed by atoms with E-state index >= 15 is 0 Å². The van der Waals surface area contributed by atoms with Gasteiger partial charge in [0.2, 0.25) is 10.0 Å². The molecule has 2 unspecified atom stereocenters. The Balaban J connectivity index is 1.35. The molecule has 0 aromatic heterocycles. The predicted molar refractivity (Wildman–Crippen MR) is 107 cm³/mol. The Bertz CT molecular complexity index is 1100. The number of sulfonamides is 1. The zero-order valence-electron chi connectivity index (χ0n) is 16.7. The smallest absolute Gasteiger partial charge is 0.257 e. The number of halogens is 2. The number of piperidine rings is 1. The average Bonchev–Trinajstić information content (AvgIpc) is 3.27. The molecular formula is C22H22F2N2O4S. The van der Waals surface area contributed by atoms with Crippen molar-refractivity contribution in [3.63, 3.8) is 0 Å². The molecule has 2 atom stereocenters. The molecule has 0 saturated carbocycles. The number of fused-ring (bicyclic) bond motifs is 1. The first kappa shape index (κ1) is 20.5. The van der Waals surface area contributed by atoms with Gasteiger partial charge in [0.1, 0.15) is 17.9 Å². The Morgan fingerprint density at radius 2 is 1.61 bits per heavy atom. The summed E-state index contributed by atoms with van der Waals surface area (Å²) < 4.78 is 60.8. The van der Waals surface area contributed by atoms with E-state index in [1.54, 1.807) is 35.2 Å². The number of amides is 1. The highest BCUT2D eigenvalue weighted by Crippen LogP contribution is 2.48. The summed E-state index contributed by atoms with van der Waals surface area (Å²) in [5, 5.41) is 0. The molecule has 2 aromatic carbocycles. The summed E-state index contributed by atoms with van der Waals surface area (Å²) in [4.78, 5) is 15.2. The van der Waals surface area contributed by atoms with Crippen LogP contribution in [0, 0.1) is 11.6 Å². The van der Waals surface area contributed by atoms with E-state index in [9.17, 15) is 22.0 Å². The Kier molecular flexibility index (Phi) is 4.87. The molecule has 31 heavy (non-hydrogen) atoms. The first-order chi connectivity index (χ1) is 14.8. The van der Waals surface area contributed by atoms with Crippen LogP contribution in [0.1, 0.15) is 37.3 Å². The highest BCUT2D eigenvalue weighted by molar-refractivity contribution is 7.89. The molecular weight excluding hydrogens is 426 g/mol. The molecule has 5 rings (SSSR count). The van der Waals surface area contributed by atoms with Gasteiger partial charge in [-0.1, -0.05) is 18.2 Å². The predicted octanol–water partition coefficient (Wildman–Crippen LogP) is 3.21. The van der Waals surface area contributed by atoms with Gasteiger partial charge in [-0.2, -0.15) is 4.31 Å². The number of hydrogen-bond acceptors (Lipinski definition) is 4. The van der Waals surface area contributed by atoms with Gasteiger partial charge in [0, 0.05) is 19.2 Å². The van der Waals surface area contributed by atoms with Crippen LogP contribution in [0.3, 0.4) is 0 Å². The maximum Gasteiger partial charge on any atom is 0.257 e. The third-order valence-electron chi connectivity index (χ3n) is 6.50. The highest BCUT2D eigenvalue weighted by atomic mass is 32.2. The summed E-state index contributed by atoms with van der Waals surface area (Å²) in [7, 11) is -3.64. The third-order valence-corrected chi connectivity index (χ3v) is 8.41. The van der Waals surface area contributed by atoms with E-state index in [1.165, 1.54) is 16.4 Å². The molecule has 3 saturated heterocycles. The molecule has 9 heteroatoms. The fraction of sp³-hybridized carbons (Fsp3) is 0.409. The number of benzene rings is 2. The highest BCUT2D eigenvalue weighted by Gasteiger charge is 2.58. The SMILES string of the molecule is O=C1N2C(CCC2c2cc(F)cc(F)c2)OC12CCN(S(=O)(=O)c1ccccc1)CC2. The molecule has 3 heterocycles. The van der Waals surface area contributed by atoms with E-state index in [2.05, 4.69) is 0 Å². The minimum atomic E-state index is -3.64. The molecule has 3 fully saturated rings. The number of nitrogens with zero attached hydrogens (tertiary/aromatic N) is 2. The van der Waals surface area contributed by atoms with Crippen LogP contribution < -0.4 is 0 Å². The lowest BCUT2D eigenvalue weighted by Crippen LogP contribution is -2.51. The van der Waals surface area contributed by atoms with Crippen LogP contribution in [0.15, 0.2) is 53.4 Å². The molecule has 3 aliphatic rings. The van der Waals surface area contributed by atoms with Crippen molar-refractivity contribution in [3.8, 4) is 0 Å². The van der Waals surface area contributed by atoms with Crippen molar-refractivity contribution in [1.82, 2.24) is 9.21 Å². The Morgan fingerprint density at radius 3 is 2.26 bits per heavy atom. The van der Waals surface area contributed by atoms with Gasteiger partial charge in [0.05, 0.1) is 10.9 Å². The molecule has 1 amide bonds. The molecule has 2 aromatic rings. The quantitative estimate of drug-likeness (QED) is 0.723. The maximum absolute atomic E-state index is 13.7. The van der Waals surface area contributed by atoms with Gasteiger partial charge in [0.25, 0.3) is 5.91 Å². The van der Waals surface area contributed by atoms with Crippen molar-refractivity contribution in [2.24, 2.45) is 0 Å². The van der Waals surface area contributed by atoms with Crippen molar-refractivity contribution in [2.75, 3.05) is 13.1 Å². The second kappa shape index (κ2) is 7.36. The fourth-order valence-corrected chi connectivity index (χ4v) is 6.43. The van der Waals surface area contributed by atoms with Crippen LogP contribution in [0.4, 0.5) is 8.78 Å². The first-order valence-corrected chi connectivity index (χ1v) is 11.8. The van der Waals surface area contributed by atoms with Crippen LogP contribution in [-0.4, -0.2) is 48.4 Å². The largest absolute Gasteiger partial charge is 0.342 e. The van der Waals surface area contributed by atoms with Gasteiger partial charge in [-0.3, -0.25) is 4.79 Å². The normalized spacial score (nSPS) is 25.9. The summed E-state index contributed by atoms with van der Waals surface area (Å²) in [6.45, 7) is 0.339. The summed E-state index contributed by atoms with van der Waals surface area (Å²) in [5.74, 6) is -1.58. The van der Waals surface area contributed by atoms with E-state index in [1.807, 2.05) is 0 Å². The molecule has 0 bridgehead atoms. The van der Waals surface area contributed by atoms with Gasteiger partial charge in [-0.25, -0.2) is 17.2 Å².